The van der Waals surface area contributed by atoms with Gasteiger partial charge in [-0.3, -0.25) is 0 Å². The third-order valence-corrected chi connectivity index (χ3v) is 2.44. The molecule has 1 atom stereocenters. The maximum Gasteiger partial charge on any atom is 0.0621 e. The molecule has 1 saturated carbocycles. The lowest BCUT2D eigenvalue weighted by Crippen LogP contribution is -2.19. The van der Waals surface area contributed by atoms with E-state index in [0.717, 1.165) is 31.4 Å². The Bertz CT molecular complexity index is 205. The summed E-state index contributed by atoms with van der Waals surface area (Å²) in [5.74, 6) is 0.364. The number of hydrogen-bond acceptors (Lipinski definition) is 3. The van der Waals surface area contributed by atoms with Crippen LogP contribution in [0, 0.1) is 17.2 Å². The summed E-state index contributed by atoms with van der Waals surface area (Å²) in [6, 6.07) is 2.12. The van der Waals surface area contributed by atoms with Gasteiger partial charge in [0.05, 0.1) is 11.8 Å². The second-order valence-corrected chi connectivity index (χ2v) is 3.23. The van der Waals surface area contributed by atoms with Crippen LogP contribution >= 0.6 is 0 Å². The first-order chi connectivity index (χ1) is 5.88. The van der Waals surface area contributed by atoms with E-state index >= 15 is 0 Å². The van der Waals surface area contributed by atoms with Gasteiger partial charge in [0.1, 0.15) is 0 Å². The number of nitrogens with zero attached hydrogens (tertiary/aromatic N) is 2. The topological polar surface area (TPSA) is 56.4 Å². The molecule has 66 valence electrons. The van der Waals surface area contributed by atoms with E-state index in [2.05, 4.69) is 11.2 Å². The van der Waals surface area contributed by atoms with Crippen LogP contribution in [-0.2, 0) is 0 Å². The fraction of sp³-hybridized carbons (Fsp3) is 0.778. The summed E-state index contributed by atoms with van der Waals surface area (Å²) >= 11 is 0. The molecule has 0 heterocycles. The normalized spacial score (nSPS) is 26.9. The van der Waals surface area contributed by atoms with Gasteiger partial charge in [-0.25, -0.2) is 0 Å². The summed E-state index contributed by atoms with van der Waals surface area (Å²) in [6.45, 7) is 0. The number of oxime groups is 1. The van der Waals surface area contributed by atoms with Crippen molar-refractivity contribution in [1.29, 1.82) is 5.26 Å². The zero-order chi connectivity index (χ0) is 8.81. The quantitative estimate of drug-likeness (QED) is 0.505. The van der Waals surface area contributed by atoms with Crippen molar-refractivity contribution in [3.63, 3.8) is 0 Å². The molecule has 0 spiro atoms. The lowest BCUT2D eigenvalue weighted by atomic mass is 9.84. The SMILES string of the molecule is N#CCCC1CCCCC1=NO. The molecular weight excluding hydrogens is 152 g/mol. The monoisotopic (exact) mass is 166 g/mol. The highest BCUT2D eigenvalue weighted by atomic mass is 16.4. The molecule has 3 heteroatoms. The predicted octanol–water partition coefficient (Wildman–Crippen LogP) is 2.31. The highest BCUT2D eigenvalue weighted by Crippen LogP contribution is 2.25. The molecule has 0 radical (unpaired) electrons. The molecule has 1 N–H and O–H groups in total. The van der Waals surface area contributed by atoms with E-state index < -0.39 is 0 Å². The Morgan fingerprint density at radius 2 is 2.42 bits per heavy atom. The summed E-state index contributed by atoms with van der Waals surface area (Å²) in [4.78, 5) is 0. The van der Waals surface area contributed by atoms with Crippen molar-refractivity contribution in [2.24, 2.45) is 11.1 Å². The van der Waals surface area contributed by atoms with Crippen LogP contribution in [0.15, 0.2) is 5.16 Å². The molecule has 3 nitrogen and oxygen atoms in total. The van der Waals surface area contributed by atoms with Crippen molar-refractivity contribution in [2.45, 2.75) is 38.5 Å². The molecule has 1 aliphatic rings. The van der Waals surface area contributed by atoms with E-state index in [-0.39, 0.29) is 0 Å². The molecule has 0 bridgehead atoms. The average molecular weight is 166 g/mol. The lowest BCUT2D eigenvalue weighted by molar-refractivity contribution is 0.307. The van der Waals surface area contributed by atoms with Crippen LogP contribution in [0.5, 0.6) is 0 Å². The minimum atomic E-state index is 0.364. The zero-order valence-corrected chi connectivity index (χ0v) is 7.16. The van der Waals surface area contributed by atoms with E-state index in [1.165, 1.54) is 6.42 Å². The number of nitriles is 1. The second kappa shape index (κ2) is 4.76. The molecule has 0 aromatic rings. The minimum Gasteiger partial charge on any atom is -0.411 e. The Kier molecular flexibility index (Phi) is 3.59. The standard InChI is InChI=1S/C9H14N2O/c10-7-3-5-8-4-1-2-6-9(8)11-12/h8,12H,1-6H2. The lowest BCUT2D eigenvalue weighted by Gasteiger charge is -2.21. The van der Waals surface area contributed by atoms with Gasteiger partial charge in [-0.05, 0) is 25.7 Å². The molecule has 0 saturated heterocycles. The fourth-order valence-corrected chi connectivity index (χ4v) is 1.75. The summed E-state index contributed by atoms with van der Waals surface area (Å²) in [5.41, 5.74) is 0.900. The Balaban J connectivity index is 2.43. The van der Waals surface area contributed by atoms with E-state index in [1.54, 1.807) is 0 Å². The third kappa shape index (κ3) is 2.23. The predicted molar refractivity (Wildman–Crippen MR) is 46.0 cm³/mol. The van der Waals surface area contributed by atoms with Crippen LogP contribution in [-0.4, -0.2) is 10.9 Å². The van der Waals surface area contributed by atoms with Gasteiger partial charge in [0.25, 0.3) is 0 Å². The smallest absolute Gasteiger partial charge is 0.0621 e. The number of hydrogen-bond donors (Lipinski definition) is 1. The van der Waals surface area contributed by atoms with Gasteiger partial charge < -0.3 is 5.21 Å². The van der Waals surface area contributed by atoms with Crippen molar-refractivity contribution in [2.75, 3.05) is 0 Å². The van der Waals surface area contributed by atoms with E-state index in [0.29, 0.717) is 12.3 Å². The van der Waals surface area contributed by atoms with Gasteiger partial charge in [0.15, 0.2) is 0 Å². The maximum atomic E-state index is 8.67. The first kappa shape index (κ1) is 9.05. The first-order valence-electron chi connectivity index (χ1n) is 4.46. The van der Waals surface area contributed by atoms with Crippen LogP contribution in [0.2, 0.25) is 0 Å². The van der Waals surface area contributed by atoms with Crippen LogP contribution in [0.3, 0.4) is 0 Å². The highest BCUT2D eigenvalue weighted by Gasteiger charge is 2.20. The van der Waals surface area contributed by atoms with Gasteiger partial charge in [-0.15, -0.1) is 0 Å². The summed E-state index contributed by atoms with van der Waals surface area (Å²) in [5, 5.41) is 20.4. The van der Waals surface area contributed by atoms with E-state index in [4.69, 9.17) is 10.5 Å². The van der Waals surface area contributed by atoms with Gasteiger partial charge in [-0.1, -0.05) is 11.6 Å². The molecular formula is C9H14N2O. The molecule has 0 aliphatic heterocycles. The van der Waals surface area contributed by atoms with Gasteiger partial charge in [-0.2, -0.15) is 5.26 Å². The molecule has 1 fully saturated rings. The van der Waals surface area contributed by atoms with Crippen LogP contribution in [0.25, 0.3) is 0 Å². The van der Waals surface area contributed by atoms with Crippen molar-refractivity contribution in [3.8, 4) is 6.07 Å². The van der Waals surface area contributed by atoms with Crippen LogP contribution < -0.4 is 0 Å². The van der Waals surface area contributed by atoms with Crippen LogP contribution in [0.4, 0.5) is 0 Å². The molecule has 1 aliphatic carbocycles. The molecule has 1 rings (SSSR count). The number of rotatable bonds is 2. The van der Waals surface area contributed by atoms with Gasteiger partial charge >= 0.3 is 0 Å². The Hall–Kier alpha value is -1.04. The molecule has 12 heavy (non-hydrogen) atoms. The third-order valence-electron chi connectivity index (χ3n) is 2.44. The second-order valence-electron chi connectivity index (χ2n) is 3.23. The van der Waals surface area contributed by atoms with Gasteiger partial charge in [0.2, 0.25) is 0 Å². The van der Waals surface area contributed by atoms with E-state index in [1.807, 2.05) is 0 Å². The fourth-order valence-electron chi connectivity index (χ4n) is 1.75. The average Bonchev–Trinajstić information content (AvgIpc) is 2.15. The summed E-state index contributed by atoms with van der Waals surface area (Å²) in [6.07, 6.45) is 5.75. The van der Waals surface area contributed by atoms with Crippen molar-refractivity contribution >= 4 is 5.71 Å². The van der Waals surface area contributed by atoms with E-state index in [9.17, 15) is 0 Å². The van der Waals surface area contributed by atoms with Crippen LogP contribution in [0.1, 0.15) is 38.5 Å². The van der Waals surface area contributed by atoms with Crippen molar-refractivity contribution in [1.82, 2.24) is 0 Å². The maximum absolute atomic E-state index is 8.67. The molecule has 0 aromatic carbocycles. The molecule has 0 aromatic heterocycles. The summed E-state index contributed by atoms with van der Waals surface area (Å²) < 4.78 is 0. The molecule has 1 unspecified atom stereocenters. The Morgan fingerprint density at radius 1 is 1.58 bits per heavy atom. The zero-order valence-electron chi connectivity index (χ0n) is 7.16. The first-order valence-corrected chi connectivity index (χ1v) is 4.46. The van der Waals surface area contributed by atoms with Gasteiger partial charge in [0, 0.05) is 12.3 Å². The Morgan fingerprint density at radius 3 is 3.08 bits per heavy atom. The van der Waals surface area contributed by atoms with Crippen molar-refractivity contribution in [3.05, 3.63) is 0 Å². The highest BCUT2D eigenvalue weighted by molar-refractivity contribution is 5.86. The molecule has 0 amide bonds. The Labute approximate surface area is 72.7 Å². The largest absolute Gasteiger partial charge is 0.411 e. The van der Waals surface area contributed by atoms with Crippen molar-refractivity contribution < 1.29 is 5.21 Å². The summed E-state index contributed by atoms with van der Waals surface area (Å²) in [7, 11) is 0. The minimum absolute atomic E-state index is 0.364.